The third-order valence-electron chi connectivity index (χ3n) is 4.45. The Morgan fingerprint density at radius 1 is 1.25 bits per heavy atom. The number of carbonyl (C=O) groups is 1. The second kappa shape index (κ2) is 7.27. The minimum absolute atomic E-state index is 0.00676. The van der Waals surface area contributed by atoms with E-state index in [1.54, 1.807) is 31.4 Å². The maximum atomic E-state index is 12.8. The second-order valence-corrected chi connectivity index (χ2v) is 8.43. The molecule has 3 rings (SSSR count). The first kappa shape index (κ1) is 17.5. The van der Waals surface area contributed by atoms with Crippen molar-refractivity contribution in [3.05, 3.63) is 46.8 Å². The van der Waals surface area contributed by atoms with Crippen LogP contribution in [0.25, 0.3) is 0 Å². The molecule has 0 N–H and O–H groups in total. The lowest BCUT2D eigenvalue weighted by atomic mass is 9.88. The van der Waals surface area contributed by atoms with Crippen molar-refractivity contribution in [2.75, 3.05) is 20.3 Å². The summed E-state index contributed by atoms with van der Waals surface area (Å²) in [7, 11) is 0.471. The van der Waals surface area contributed by atoms with Crippen molar-refractivity contribution >= 4 is 27.9 Å². The fourth-order valence-electron chi connectivity index (χ4n) is 2.89. The largest absolute Gasteiger partial charge is 0.381 e. The Hall–Kier alpha value is -1.34. The van der Waals surface area contributed by atoms with Crippen molar-refractivity contribution in [2.24, 2.45) is 0 Å². The van der Waals surface area contributed by atoms with Gasteiger partial charge in [0.05, 0.1) is 20.6 Å². The molecule has 6 heteroatoms. The molecule has 2 aromatic rings. The molecule has 1 unspecified atom stereocenters. The number of ketones is 1. The van der Waals surface area contributed by atoms with Gasteiger partial charge in [0, 0.05) is 43.6 Å². The Balaban J connectivity index is 1.84. The first-order chi connectivity index (χ1) is 11.6. The number of ether oxygens (including phenoxy) is 2. The zero-order chi connectivity index (χ0) is 17.2. The fraction of sp³-hybridized carbons (Fsp3) is 0.389. The van der Waals surface area contributed by atoms with Crippen molar-refractivity contribution < 1.29 is 18.5 Å². The zero-order valence-electron chi connectivity index (χ0n) is 13.7. The summed E-state index contributed by atoms with van der Waals surface area (Å²) in [5, 5.41) is 2.03. The molecule has 24 heavy (non-hydrogen) atoms. The highest BCUT2D eigenvalue weighted by molar-refractivity contribution is 7.87. The lowest BCUT2D eigenvalue weighted by Gasteiger charge is -2.35. The molecule has 0 radical (unpaired) electrons. The van der Waals surface area contributed by atoms with E-state index in [-0.39, 0.29) is 11.4 Å². The average Bonchev–Trinajstić information content (AvgIpc) is 3.12. The maximum Gasteiger partial charge on any atom is 0.159 e. The number of Topliss-reactive ketones (excluding diaryl/α,β-unsaturated/α-hetero) is 1. The van der Waals surface area contributed by atoms with E-state index < -0.39 is 10.8 Å². The highest BCUT2D eigenvalue weighted by Crippen LogP contribution is 2.39. The minimum Gasteiger partial charge on any atom is -0.381 e. The van der Waals surface area contributed by atoms with Crippen LogP contribution >= 0.6 is 11.3 Å². The summed E-state index contributed by atoms with van der Waals surface area (Å²) in [5.41, 5.74) is 1.36. The van der Waals surface area contributed by atoms with Crippen LogP contribution in [-0.4, -0.2) is 30.3 Å². The van der Waals surface area contributed by atoms with Gasteiger partial charge in [-0.3, -0.25) is 4.79 Å². The molecule has 0 saturated carbocycles. The van der Waals surface area contributed by atoms with Crippen LogP contribution in [0.4, 0.5) is 0 Å². The Morgan fingerprint density at radius 2 is 1.92 bits per heavy atom. The Labute approximate surface area is 148 Å². The second-order valence-electron chi connectivity index (χ2n) is 5.81. The zero-order valence-corrected chi connectivity index (χ0v) is 15.4. The number of benzene rings is 1. The highest BCUT2D eigenvalue weighted by atomic mass is 32.2. The van der Waals surface area contributed by atoms with Crippen LogP contribution < -0.4 is 0 Å². The number of carbonyl (C=O) groups excluding carboxylic acids is 1. The lowest BCUT2D eigenvalue weighted by molar-refractivity contribution is -0.0946. The Bertz CT molecular complexity index is 743. The first-order valence-corrected chi connectivity index (χ1v) is 9.83. The number of hydrogen-bond acceptors (Lipinski definition) is 5. The Kier molecular flexibility index (Phi) is 5.30. The van der Waals surface area contributed by atoms with Crippen LogP contribution in [0.15, 0.2) is 44.8 Å². The summed E-state index contributed by atoms with van der Waals surface area (Å²) in [5.74, 6) is 0.00676. The molecule has 1 fully saturated rings. The molecule has 0 amide bonds. The number of rotatable bonds is 5. The average molecular weight is 364 g/mol. The van der Waals surface area contributed by atoms with E-state index in [1.807, 2.05) is 11.4 Å². The molecule has 0 aliphatic carbocycles. The van der Waals surface area contributed by atoms with Crippen LogP contribution in [0.2, 0.25) is 0 Å². The smallest absolute Gasteiger partial charge is 0.159 e. The van der Waals surface area contributed by atoms with E-state index in [0.29, 0.717) is 23.7 Å². The maximum absolute atomic E-state index is 12.8. The minimum atomic E-state index is -1.25. The van der Waals surface area contributed by atoms with Gasteiger partial charge in [0.15, 0.2) is 5.78 Å². The summed E-state index contributed by atoms with van der Waals surface area (Å²) in [6.45, 7) is 2.87. The van der Waals surface area contributed by atoms with Gasteiger partial charge in [0.2, 0.25) is 0 Å². The molecule has 1 aliphatic rings. The third-order valence-corrected chi connectivity index (χ3v) is 7.10. The van der Waals surface area contributed by atoms with Crippen LogP contribution in [0.3, 0.4) is 0 Å². The van der Waals surface area contributed by atoms with E-state index in [4.69, 9.17) is 9.47 Å². The van der Waals surface area contributed by atoms with Crippen LogP contribution in [0.1, 0.15) is 35.7 Å². The van der Waals surface area contributed by atoms with E-state index in [9.17, 15) is 9.00 Å². The molecule has 128 valence electrons. The molecule has 0 bridgehead atoms. The third kappa shape index (κ3) is 3.37. The van der Waals surface area contributed by atoms with Gasteiger partial charge in [-0.15, -0.1) is 11.3 Å². The summed E-state index contributed by atoms with van der Waals surface area (Å²) in [6.07, 6.45) is 1.61. The monoisotopic (exact) mass is 364 g/mol. The van der Waals surface area contributed by atoms with Gasteiger partial charge in [0.25, 0.3) is 0 Å². The molecule has 1 aliphatic heterocycles. The van der Waals surface area contributed by atoms with Gasteiger partial charge in [-0.05, 0) is 36.1 Å². The first-order valence-electron chi connectivity index (χ1n) is 7.80. The van der Waals surface area contributed by atoms with Gasteiger partial charge >= 0.3 is 0 Å². The van der Waals surface area contributed by atoms with Crippen molar-refractivity contribution in [2.45, 2.75) is 34.5 Å². The summed E-state index contributed by atoms with van der Waals surface area (Å²) >= 11 is 1.48. The molecule has 2 heterocycles. The van der Waals surface area contributed by atoms with Crippen molar-refractivity contribution in [1.29, 1.82) is 0 Å². The highest BCUT2D eigenvalue weighted by Gasteiger charge is 2.35. The van der Waals surface area contributed by atoms with E-state index in [0.717, 1.165) is 22.6 Å². The predicted octanol–water partition coefficient (Wildman–Crippen LogP) is 3.77. The SMILES string of the molecule is COC1(c2csc(S(=O)c3ccc(C(C)=O)cc3)c2)CCOCC1. The van der Waals surface area contributed by atoms with Gasteiger partial charge in [-0.1, -0.05) is 12.1 Å². The van der Waals surface area contributed by atoms with Gasteiger partial charge in [0.1, 0.15) is 0 Å². The standard InChI is InChI=1S/C18H20O4S2/c1-13(19)14-3-5-16(6-4-14)24(20)17-11-15(12-23-17)18(21-2)7-9-22-10-8-18/h3-6,11-12H,7-10H2,1-2H3. The van der Waals surface area contributed by atoms with Gasteiger partial charge in [-0.2, -0.15) is 0 Å². The lowest BCUT2D eigenvalue weighted by Crippen LogP contribution is -2.35. The molecule has 1 saturated heterocycles. The number of methoxy groups -OCH3 is 1. The van der Waals surface area contributed by atoms with Gasteiger partial charge < -0.3 is 9.47 Å². The Morgan fingerprint density at radius 3 is 2.50 bits per heavy atom. The molecule has 1 aromatic heterocycles. The summed E-state index contributed by atoms with van der Waals surface area (Å²) < 4.78 is 24.8. The molecule has 4 nitrogen and oxygen atoms in total. The van der Waals surface area contributed by atoms with Crippen LogP contribution in [0, 0.1) is 0 Å². The molecular formula is C18H20O4S2. The number of hydrogen-bond donors (Lipinski definition) is 0. The van der Waals surface area contributed by atoms with E-state index in [1.165, 1.54) is 18.3 Å². The van der Waals surface area contributed by atoms with Crippen molar-refractivity contribution in [3.63, 3.8) is 0 Å². The van der Waals surface area contributed by atoms with E-state index in [2.05, 4.69) is 0 Å². The van der Waals surface area contributed by atoms with Gasteiger partial charge in [-0.25, -0.2) is 4.21 Å². The molecule has 1 aromatic carbocycles. The molecule has 1 atom stereocenters. The molecule has 0 spiro atoms. The van der Waals surface area contributed by atoms with E-state index >= 15 is 0 Å². The summed E-state index contributed by atoms with van der Waals surface area (Å²) in [4.78, 5) is 12.0. The number of thiophene rings is 1. The van der Waals surface area contributed by atoms with Crippen molar-refractivity contribution in [1.82, 2.24) is 0 Å². The normalized spacial score (nSPS) is 18.2. The van der Waals surface area contributed by atoms with Crippen LogP contribution in [0.5, 0.6) is 0 Å². The fourth-order valence-corrected chi connectivity index (χ4v) is 5.25. The predicted molar refractivity (Wildman–Crippen MR) is 94.2 cm³/mol. The summed E-state index contributed by atoms with van der Waals surface area (Å²) in [6, 6.07) is 8.94. The van der Waals surface area contributed by atoms with Crippen molar-refractivity contribution in [3.8, 4) is 0 Å². The molecular weight excluding hydrogens is 344 g/mol. The van der Waals surface area contributed by atoms with Crippen LogP contribution in [-0.2, 0) is 25.9 Å². The topological polar surface area (TPSA) is 52.6 Å². The quantitative estimate of drug-likeness (QED) is 0.758.